The van der Waals surface area contributed by atoms with Crippen molar-refractivity contribution in [2.75, 3.05) is 5.32 Å². The fourth-order valence-corrected chi connectivity index (χ4v) is 3.62. The number of nitrogens with one attached hydrogen (secondary N) is 1. The molecule has 3 aromatic carbocycles. The average molecular weight is 548 g/mol. The quantitative estimate of drug-likeness (QED) is 0.215. The lowest BCUT2D eigenvalue weighted by Crippen LogP contribution is -2.13. The van der Waals surface area contributed by atoms with Gasteiger partial charge >= 0.3 is 0 Å². The number of hydrogen-bond donors (Lipinski definition) is 1. The predicted octanol–water partition coefficient (Wildman–Crippen LogP) is 6.39. The van der Waals surface area contributed by atoms with Gasteiger partial charge in [0.15, 0.2) is 23.2 Å². The zero-order valence-corrected chi connectivity index (χ0v) is 19.9. The number of rotatable bonds is 7. The van der Waals surface area contributed by atoms with E-state index in [2.05, 4.69) is 26.3 Å². The van der Waals surface area contributed by atoms with E-state index in [-0.39, 0.29) is 12.7 Å². The zero-order chi connectivity index (χ0) is 25.1. The third-order valence-electron chi connectivity index (χ3n) is 5.08. The van der Waals surface area contributed by atoms with E-state index in [0.29, 0.717) is 28.0 Å². The summed E-state index contributed by atoms with van der Waals surface area (Å²) >= 11 is 3.39. The highest BCUT2D eigenvalue weighted by molar-refractivity contribution is 9.10. The number of aromatic nitrogens is 2. The first-order chi connectivity index (χ1) is 16.7. The van der Waals surface area contributed by atoms with Crippen LogP contribution in [-0.4, -0.2) is 15.7 Å². The van der Waals surface area contributed by atoms with E-state index in [1.165, 1.54) is 24.3 Å². The van der Waals surface area contributed by atoms with Crippen LogP contribution in [0.2, 0.25) is 0 Å². The molecular formula is C25H18BrF4N3O2. The van der Waals surface area contributed by atoms with Crippen LogP contribution in [0, 0.1) is 30.2 Å². The van der Waals surface area contributed by atoms with Gasteiger partial charge in [-0.25, -0.2) is 8.78 Å². The second-order valence-electron chi connectivity index (χ2n) is 7.75. The lowest BCUT2D eigenvalue weighted by atomic mass is 10.1. The van der Waals surface area contributed by atoms with Gasteiger partial charge < -0.3 is 10.1 Å². The molecule has 4 rings (SSSR count). The van der Waals surface area contributed by atoms with Crippen LogP contribution in [0.3, 0.4) is 0 Å². The summed E-state index contributed by atoms with van der Waals surface area (Å²) < 4.78 is 61.3. The molecule has 0 saturated carbocycles. The number of ether oxygens (including phenoxy) is 1. The van der Waals surface area contributed by atoms with E-state index in [4.69, 9.17) is 4.74 Å². The second kappa shape index (κ2) is 10.3. The Labute approximate surface area is 206 Å². The Kier molecular flexibility index (Phi) is 7.20. The van der Waals surface area contributed by atoms with Crippen molar-refractivity contribution in [1.29, 1.82) is 0 Å². The zero-order valence-electron chi connectivity index (χ0n) is 18.3. The normalized spacial score (nSPS) is 10.9. The van der Waals surface area contributed by atoms with Crippen molar-refractivity contribution in [3.63, 3.8) is 0 Å². The Hall–Kier alpha value is -3.66. The van der Waals surface area contributed by atoms with Crippen LogP contribution in [0.15, 0.2) is 65.3 Å². The van der Waals surface area contributed by atoms with E-state index >= 15 is 0 Å². The van der Waals surface area contributed by atoms with Crippen molar-refractivity contribution in [2.24, 2.45) is 0 Å². The highest BCUT2D eigenvalue weighted by Crippen LogP contribution is 2.27. The lowest BCUT2D eigenvalue weighted by Gasteiger charge is -2.10. The number of amides is 1. The van der Waals surface area contributed by atoms with Crippen LogP contribution in [0.5, 0.6) is 5.75 Å². The maximum Gasteiger partial charge on any atom is 0.256 e. The molecule has 1 aromatic heterocycles. The smallest absolute Gasteiger partial charge is 0.256 e. The molecule has 0 bridgehead atoms. The van der Waals surface area contributed by atoms with Gasteiger partial charge in [-0.05, 0) is 46.1 Å². The molecule has 35 heavy (non-hydrogen) atoms. The molecule has 4 aromatic rings. The SMILES string of the molecule is Cc1ccc(Cn2cc(Br)c(NC(=O)c3ccc(COc4c(F)c(F)cc(F)c4F)cc3)n2)cc1. The molecule has 0 spiro atoms. The summed E-state index contributed by atoms with van der Waals surface area (Å²) in [4.78, 5) is 12.6. The molecule has 0 saturated heterocycles. The molecule has 0 atom stereocenters. The summed E-state index contributed by atoms with van der Waals surface area (Å²) in [6.45, 7) is 2.17. The molecule has 0 aliphatic rings. The van der Waals surface area contributed by atoms with Gasteiger partial charge in [0.1, 0.15) is 6.61 Å². The minimum Gasteiger partial charge on any atom is -0.483 e. The molecule has 0 aliphatic heterocycles. The third-order valence-corrected chi connectivity index (χ3v) is 5.67. The minimum absolute atomic E-state index is 0.106. The molecule has 1 heterocycles. The van der Waals surface area contributed by atoms with Crippen molar-refractivity contribution in [2.45, 2.75) is 20.1 Å². The maximum absolute atomic E-state index is 13.7. The van der Waals surface area contributed by atoms with Crippen LogP contribution in [-0.2, 0) is 13.2 Å². The first kappa shape index (κ1) is 24.5. The molecule has 1 amide bonds. The van der Waals surface area contributed by atoms with Gasteiger partial charge in [0, 0.05) is 17.8 Å². The van der Waals surface area contributed by atoms with E-state index in [1.54, 1.807) is 10.9 Å². The largest absolute Gasteiger partial charge is 0.483 e. The number of carbonyl (C=O) groups excluding carboxylic acids is 1. The molecule has 0 unspecified atom stereocenters. The monoisotopic (exact) mass is 547 g/mol. The van der Waals surface area contributed by atoms with Crippen molar-refractivity contribution in [3.05, 3.63) is 111 Å². The van der Waals surface area contributed by atoms with Crippen LogP contribution in [0.4, 0.5) is 23.4 Å². The Bertz CT molecular complexity index is 1350. The number of carbonyl (C=O) groups is 1. The fraction of sp³-hybridized carbons (Fsp3) is 0.120. The van der Waals surface area contributed by atoms with Gasteiger partial charge in [-0.3, -0.25) is 9.48 Å². The molecular weight excluding hydrogens is 530 g/mol. The highest BCUT2D eigenvalue weighted by Gasteiger charge is 2.20. The Morgan fingerprint density at radius 2 is 1.57 bits per heavy atom. The summed E-state index contributed by atoms with van der Waals surface area (Å²) in [5.74, 6) is -7.58. The van der Waals surface area contributed by atoms with Crippen molar-refractivity contribution < 1.29 is 27.1 Å². The summed E-state index contributed by atoms with van der Waals surface area (Å²) in [6.07, 6.45) is 1.75. The van der Waals surface area contributed by atoms with Gasteiger partial charge in [0.05, 0.1) is 11.0 Å². The summed E-state index contributed by atoms with van der Waals surface area (Å²) in [7, 11) is 0. The number of anilines is 1. The fourth-order valence-electron chi connectivity index (χ4n) is 3.21. The van der Waals surface area contributed by atoms with Crippen LogP contribution in [0.25, 0.3) is 0 Å². The van der Waals surface area contributed by atoms with E-state index in [1.807, 2.05) is 31.2 Å². The molecule has 1 N–H and O–H groups in total. The molecule has 0 aliphatic carbocycles. The third kappa shape index (κ3) is 5.71. The first-order valence-electron chi connectivity index (χ1n) is 10.4. The number of benzene rings is 3. The Balaban J connectivity index is 1.39. The van der Waals surface area contributed by atoms with Gasteiger partial charge in [0.2, 0.25) is 11.6 Å². The van der Waals surface area contributed by atoms with Gasteiger partial charge in [-0.2, -0.15) is 13.9 Å². The summed E-state index contributed by atoms with van der Waals surface area (Å²) in [6, 6.07) is 14.1. The summed E-state index contributed by atoms with van der Waals surface area (Å²) in [5.41, 5.74) is 2.93. The van der Waals surface area contributed by atoms with E-state index in [0.717, 1.165) is 11.1 Å². The average Bonchev–Trinajstić information content (AvgIpc) is 3.18. The lowest BCUT2D eigenvalue weighted by molar-refractivity contribution is 0.102. The Morgan fingerprint density at radius 1 is 0.971 bits per heavy atom. The number of hydrogen-bond acceptors (Lipinski definition) is 3. The van der Waals surface area contributed by atoms with Gasteiger partial charge in [0.25, 0.3) is 5.91 Å². The molecule has 5 nitrogen and oxygen atoms in total. The van der Waals surface area contributed by atoms with Crippen LogP contribution in [0.1, 0.15) is 27.0 Å². The van der Waals surface area contributed by atoms with Gasteiger partial charge in [-0.15, -0.1) is 0 Å². The highest BCUT2D eigenvalue weighted by atomic mass is 79.9. The van der Waals surface area contributed by atoms with Crippen molar-refractivity contribution in [3.8, 4) is 5.75 Å². The van der Waals surface area contributed by atoms with E-state index < -0.39 is 34.9 Å². The topological polar surface area (TPSA) is 56.2 Å². The minimum atomic E-state index is -1.62. The second-order valence-corrected chi connectivity index (χ2v) is 8.60. The van der Waals surface area contributed by atoms with Gasteiger partial charge in [-0.1, -0.05) is 42.0 Å². The Morgan fingerprint density at radius 3 is 2.20 bits per heavy atom. The number of halogens is 5. The predicted molar refractivity (Wildman–Crippen MR) is 125 cm³/mol. The van der Waals surface area contributed by atoms with E-state index in [9.17, 15) is 22.4 Å². The standard InChI is InChI=1S/C25H18BrF4N3O2/c1-14-2-4-15(5-3-14)11-33-12-18(26)24(32-33)31-25(34)17-8-6-16(7-9-17)13-35-23-21(29)19(27)10-20(28)22(23)30/h2-10,12H,11,13H2,1H3,(H,31,32,34). The maximum atomic E-state index is 13.7. The van der Waals surface area contributed by atoms with Crippen LogP contribution < -0.4 is 10.1 Å². The molecule has 180 valence electrons. The number of aryl methyl sites for hydroxylation is 1. The first-order valence-corrected chi connectivity index (χ1v) is 11.1. The van der Waals surface area contributed by atoms with Crippen molar-refractivity contribution in [1.82, 2.24) is 9.78 Å². The molecule has 0 radical (unpaired) electrons. The molecule has 10 heteroatoms. The number of nitrogens with zero attached hydrogens (tertiary/aromatic N) is 2. The molecule has 0 fully saturated rings. The summed E-state index contributed by atoms with van der Waals surface area (Å²) in [5, 5.41) is 7.10. The van der Waals surface area contributed by atoms with Crippen molar-refractivity contribution >= 4 is 27.7 Å². The van der Waals surface area contributed by atoms with Crippen LogP contribution >= 0.6 is 15.9 Å².